The van der Waals surface area contributed by atoms with Gasteiger partial charge in [-0.05, 0) is 26.3 Å². The van der Waals surface area contributed by atoms with Gasteiger partial charge in [-0.1, -0.05) is 24.3 Å². The second-order valence-corrected chi connectivity index (χ2v) is 6.45. The third-order valence-electron chi connectivity index (χ3n) is 4.39. The number of aromatic nitrogens is 4. The molecule has 1 unspecified atom stereocenters. The molecule has 0 spiro atoms. The Hall–Kier alpha value is -2.80. The van der Waals surface area contributed by atoms with Crippen LogP contribution in [0.15, 0.2) is 36.7 Å². The van der Waals surface area contributed by atoms with Crippen LogP contribution in [-0.2, 0) is 11.3 Å². The zero-order valence-electron chi connectivity index (χ0n) is 16.0. The van der Waals surface area contributed by atoms with Gasteiger partial charge in [0.2, 0.25) is 0 Å². The molecule has 7 heteroatoms. The predicted molar refractivity (Wildman–Crippen MR) is 104 cm³/mol. The van der Waals surface area contributed by atoms with E-state index >= 15 is 0 Å². The van der Waals surface area contributed by atoms with Crippen molar-refractivity contribution in [2.45, 2.75) is 33.5 Å². The summed E-state index contributed by atoms with van der Waals surface area (Å²) >= 11 is 0. The van der Waals surface area contributed by atoms with Gasteiger partial charge in [0, 0.05) is 30.0 Å². The highest BCUT2D eigenvalue weighted by Gasteiger charge is 2.17. The van der Waals surface area contributed by atoms with E-state index in [1.807, 2.05) is 36.7 Å². The SMILES string of the molecule is COCCn1nc(-c2ccc(C(C)F)cc2)c(C)c1Nc1cc(C)ncn1. The molecule has 0 amide bonds. The van der Waals surface area contributed by atoms with Crippen molar-refractivity contribution in [3.63, 3.8) is 0 Å². The quantitative estimate of drug-likeness (QED) is 0.670. The van der Waals surface area contributed by atoms with Gasteiger partial charge >= 0.3 is 0 Å². The number of alkyl halides is 1. The first-order chi connectivity index (χ1) is 13.0. The Morgan fingerprint density at radius 3 is 2.56 bits per heavy atom. The Labute approximate surface area is 158 Å². The molecule has 27 heavy (non-hydrogen) atoms. The second kappa shape index (κ2) is 8.26. The summed E-state index contributed by atoms with van der Waals surface area (Å²) in [7, 11) is 1.66. The van der Waals surface area contributed by atoms with Gasteiger partial charge in [0.25, 0.3) is 0 Å². The highest BCUT2D eigenvalue weighted by molar-refractivity contribution is 5.71. The molecule has 2 heterocycles. The van der Waals surface area contributed by atoms with Gasteiger partial charge in [-0.3, -0.25) is 0 Å². The van der Waals surface area contributed by atoms with E-state index in [0.29, 0.717) is 24.5 Å². The van der Waals surface area contributed by atoms with Crippen LogP contribution in [0.3, 0.4) is 0 Å². The summed E-state index contributed by atoms with van der Waals surface area (Å²) in [6.45, 7) is 6.60. The van der Waals surface area contributed by atoms with E-state index in [2.05, 4.69) is 15.3 Å². The molecule has 0 fully saturated rings. The molecule has 142 valence electrons. The zero-order valence-corrected chi connectivity index (χ0v) is 16.0. The van der Waals surface area contributed by atoms with Crippen LogP contribution >= 0.6 is 0 Å². The first kappa shape index (κ1) is 19.0. The summed E-state index contributed by atoms with van der Waals surface area (Å²) in [6.07, 6.45) is 0.540. The van der Waals surface area contributed by atoms with Gasteiger partial charge in [-0.2, -0.15) is 5.10 Å². The first-order valence-corrected chi connectivity index (χ1v) is 8.86. The second-order valence-electron chi connectivity index (χ2n) is 6.45. The van der Waals surface area contributed by atoms with Crippen molar-refractivity contribution < 1.29 is 9.13 Å². The van der Waals surface area contributed by atoms with Gasteiger partial charge < -0.3 is 10.1 Å². The fourth-order valence-electron chi connectivity index (χ4n) is 2.87. The summed E-state index contributed by atoms with van der Waals surface area (Å²) < 4.78 is 20.6. The predicted octanol–water partition coefficient (Wildman–Crippen LogP) is 4.38. The summed E-state index contributed by atoms with van der Waals surface area (Å²) in [5, 5.41) is 8.09. The van der Waals surface area contributed by atoms with Gasteiger partial charge in [0.15, 0.2) is 0 Å². The normalized spacial score (nSPS) is 12.2. The molecular weight excluding hydrogens is 345 g/mol. The monoisotopic (exact) mass is 369 g/mol. The molecule has 2 aromatic heterocycles. The van der Waals surface area contributed by atoms with Crippen LogP contribution in [0.5, 0.6) is 0 Å². The van der Waals surface area contributed by atoms with Gasteiger partial charge in [-0.25, -0.2) is 19.0 Å². The molecule has 6 nitrogen and oxygen atoms in total. The number of nitrogens with zero attached hydrogens (tertiary/aromatic N) is 4. The van der Waals surface area contributed by atoms with Crippen molar-refractivity contribution in [2.75, 3.05) is 19.0 Å². The minimum atomic E-state index is -0.988. The van der Waals surface area contributed by atoms with E-state index in [0.717, 1.165) is 28.3 Å². The number of anilines is 2. The maximum atomic E-state index is 13.5. The van der Waals surface area contributed by atoms with Crippen molar-refractivity contribution in [1.29, 1.82) is 0 Å². The fraction of sp³-hybridized carbons (Fsp3) is 0.350. The Bertz CT molecular complexity index is 905. The average Bonchev–Trinajstić information content (AvgIpc) is 2.96. The van der Waals surface area contributed by atoms with E-state index in [1.54, 1.807) is 19.2 Å². The fourth-order valence-corrected chi connectivity index (χ4v) is 2.87. The summed E-state index contributed by atoms with van der Waals surface area (Å²) in [4.78, 5) is 8.40. The molecule has 1 N–H and O–H groups in total. The number of methoxy groups -OCH3 is 1. The largest absolute Gasteiger partial charge is 0.383 e. The van der Waals surface area contributed by atoms with Crippen molar-refractivity contribution in [1.82, 2.24) is 19.7 Å². The van der Waals surface area contributed by atoms with Crippen molar-refractivity contribution in [2.24, 2.45) is 0 Å². The summed E-state index contributed by atoms with van der Waals surface area (Å²) in [5.74, 6) is 1.56. The summed E-state index contributed by atoms with van der Waals surface area (Å²) in [6, 6.07) is 9.28. The Balaban J connectivity index is 1.98. The topological polar surface area (TPSA) is 64.9 Å². The van der Waals surface area contributed by atoms with Gasteiger partial charge in [0.05, 0.1) is 18.8 Å². The molecule has 1 aromatic carbocycles. The molecule has 3 rings (SSSR count). The summed E-state index contributed by atoms with van der Waals surface area (Å²) in [5.41, 5.74) is 4.31. The van der Waals surface area contributed by atoms with Crippen molar-refractivity contribution >= 4 is 11.6 Å². The van der Waals surface area contributed by atoms with Crippen LogP contribution in [0.4, 0.5) is 16.0 Å². The highest BCUT2D eigenvalue weighted by atomic mass is 19.1. The van der Waals surface area contributed by atoms with E-state index in [4.69, 9.17) is 9.84 Å². The third kappa shape index (κ3) is 4.31. The van der Waals surface area contributed by atoms with Gasteiger partial charge in [-0.15, -0.1) is 0 Å². The number of halogens is 1. The maximum absolute atomic E-state index is 13.5. The molecule has 0 bridgehead atoms. The van der Waals surface area contributed by atoms with Crippen molar-refractivity contribution in [3.8, 4) is 11.3 Å². The lowest BCUT2D eigenvalue weighted by Gasteiger charge is -2.10. The highest BCUT2D eigenvalue weighted by Crippen LogP contribution is 2.31. The third-order valence-corrected chi connectivity index (χ3v) is 4.39. The van der Waals surface area contributed by atoms with E-state index < -0.39 is 6.17 Å². The Morgan fingerprint density at radius 1 is 1.19 bits per heavy atom. The number of rotatable bonds is 7. The molecule has 0 radical (unpaired) electrons. The maximum Gasteiger partial charge on any atom is 0.135 e. The minimum absolute atomic E-state index is 0.538. The van der Waals surface area contributed by atoms with Gasteiger partial charge in [0.1, 0.15) is 24.1 Å². The Kier molecular flexibility index (Phi) is 5.81. The standard InChI is InChI=1S/C20H24FN5O/c1-13-11-18(23-12-22-13)24-20-14(2)19(25-26(20)9-10-27-4)17-7-5-16(6-8-17)15(3)21/h5-8,11-12,15H,9-10H2,1-4H3,(H,22,23,24). The first-order valence-electron chi connectivity index (χ1n) is 8.86. The number of hydrogen-bond acceptors (Lipinski definition) is 5. The lowest BCUT2D eigenvalue weighted by molar-refractivity contribution is 0.184. The average molecular weight is 369 g/mol. The zero-order chi connectivity index (χ0) is 19.4. The lowest BCUT2D eigenvalue weighted by atomic mass is 10.0. The van der Waals surface area contributed by atoms with Crippen molar-refractivity contribution in [3.05, 3.63) is 53.5 Å². The number of nitrogens with one attached hydrogen (secondary N) is 1. The molecule has 0 aliphatic heterocycles. The van der Waals surface area contributed by atoms with E-state index in [1.165, 1.54) is 13.3 Å². The number of aryl methyl sites for hydroxylation is 1. The molecule has 0 saturated carbocycles. The number of ether oxygens (including phenoxy) is 1. The molecular formula is C20H24FN5O. The number of benzene rings is 1. The van der Waals surface area contributed by atoms with Crippen LogP contribution in [-0.4, -0.2) is 33.5 Å². The molecule has 0 aliphatic carbocycles. The Morgan fingerprint density at radius 2 is 1.93 bits per heavy atom. The molecule has 3 aromatic rings. The smallest absolute Gasteiger partial charge is 0.135 e. The van der Waals surface area contributed by atoms with Crippen LogP contribution in [0.25, 0.3) is 11.3 Å². The van der Waals surface area contributed by atoms with Crippen LogP contribution in [0.1, 0.15) is 29.9 Å². The molecule has 1 atom stereocenters. The minimum Gasteiger partial charge on any atom is -0.383 e. The van der Waals surface area contributed by atoms with Crippen LogP contribution in [0.2, 0.25) is 0 Å². The molecule has 0 aliphatic rings. The van der Waals surface area contributed by atoms with Crippen LogP contribution < -0.4 is 5.32 Å². The number of hydrogen-bond donors (Lipinski definition) is 1. The van der Waals surface area contributed by atoms with E-state index in [-0.39, 0.29) is 0 Å². The molecule has 0 saturated heterocycles. The lowest BCUT2D eigenvalue weighted by Crippen LogP contribution is -2.10. The van der Waals surface area contributed by atoms with E-state index in [9.17, 15) is 4.39 Å². The van der Waals surface area contributed by atoms with Crippen LogP contribution in [0, 0.1) is 13.8 Å².